The fourth-order valence-electron chi connectivity index (χ4n) is 0.701. The van der Waals surface area contributed by atoms with Gasteiger partial charge in [0.1, 0.15) is 5.54 Å². The van der Waals surface area contributed by atoms with Crippen LogP contribution in [-0.4, -0.2) is 46.6 Å². The Bertz CT molecular complexity index is 196. The summed E-state index contributed by atoms with van der Waals surface area (Å²) in [6, 6.07) is 0. The van der Waals surface area contributed by atoms with Gasteiger partial charge in [-0.3, -0.25) is 4.79 Å². The van der Waals surface area contributed by atoms with Gasteiger partial charge in [0.2, 0.25) is 5.91 Å². The van der Waals surface area contributed by atoms with E-state index in [-0.39, 0.29) is 6.42 Å². The van der Waals surface area contributed by atoms with Gasteiger partial charge in [0, 0.05) is 0 Å². The molecule has 0 spiro atoms. The van der Waals surface area contributed by atoms with Crippen LogP contribution >= 0.6 is 0 Å². The van der Waals surface area contributed by atoms with Crippen molar-refractivity contribution in [2.75, 3.05) is 19.8 Å². The maximum absolute atomic E-state index is 10.9. The Morgan fingerprint density at radius 2 is 1.77 bits per heavy atom. The Kier molecular flexibility index (Phi) is 5.07. The molecular formula is C8H13NO4. The predicted molar refractivity (Wildman–Crippen MR) is 45.6 cm³/mol. The minimum absolute atomic E-state index is 0.151. The summed E-state index contributed by atoms with van der Waals surface area (Å²) in [7, 11) is 0. The van der Waals surface area contributed by atoms with E-state index < -0.39 is 31.3 Å². The van der Waals surface area contributed by atoms with Crippen LogP contribution < -0.4 is 5.32 Å². The van der Waals surface area contributed by atoms with Gasteiger partial charge in [0.05, 0.1) is 26.2 Å². The highest BCUT2D eigenvalue weighted by atomic mass is 16.3. The van der Waals surface area contributed by atoms with Crippen molar-refractivity contribution in [2.24, 2.45) is 0 Å². The van der Waals surface area contributed by atoms with Crippen LogP contribution in [-0.2, 0) is 4.79 Å². The molecule has 0 aromatic carbocycles. The molecule has 0 aromatic rings. The van der Waals surface area contributed by atoms with Crippen LogP contribution in [0.15, 0.2) is 0 Å². The molecule has 0 fully saturated rings. The Morgan fingerprint density at radius 3 is 2.08 bits per heavy atom. The van der Waals surface area contributed by atoms with Crippen molar-refractivity contribution in [3.8, 4) is 12.3 Å². The number of rotatable bonds is 5. The first kappa shape index (κ1) is 11.9. The zero-order chi connectivity index (χ0) is 10.3. The maximum Gasteiger partial charge on any atom is 0.232 e. The molecule has 4 N–H and O–H groups in total. The van der Waals surface area contributed by atoms with E-state index in [1.807, 2.05) is 0 Å². The molecule has 0 aromatic heterocycles. The number of aliphatic hydroxyl groups excluding tert-OH is 3. The van der Waals surface area contributed by atoms with Crippen molar-refractivity contribution >= 4 is 5.91 Å². The molecule has 0 saturated carbocycles. The molecule has 0 saturated heterocycles. The highest BCUT2D eigenvalue weighted by Gasteiger charge is 2.29. The largest absolute Gasteiger partial charge is 0.394 e. The Balaban J connectivity index is 4.26. The summed E-state index contributed by atoms with van der Waals surface area (Å²) >= 11 is 0. The second kappa shape index (κ2) is 5.54. The van der Waals surface area contributed by atoms with Crippen molar-refractivity contribution in [1.82, 2.24) is 5.32 Å². The second-order valence-corrected chi connectivity index (χ2v) is 2.68. The van der Waals surface area contributed by atoms with Crippen molar-refractivity contribution in [1.29, 1.82) is 0 Å². The number of hydrogen-bond donors (Lipinski definition) is 4. The molecule has 0 aliphatic carbocycles. The highest BCUT2D eigenvalue weighted by molar-refractivity contribution is 5.79. The zero-order valence-corrected chi connectivity index (χ0v) is 7.16. The van der Waals surface area contributed by atoms with E-state index in [9.17, 15) is 4.79 Å². The molecule has 0 atom stereocenters. The number of aliphatic hydroxyl groups is 3. The van der Waals surface area contributed by atoms with Crippen LogP contribution in [0.4, 0.5) is 0 Å². The van der Waals surface area contributed by atoms with Gasteiger partial charge in [-0.1, -0.05) is 5.92 Å². The van der Waals surface area contributed by atoms with Crippen LogP contribution in [0.1, 0.15) is 6.42 Å². The summed E-state index contributed by atoms with van der Waals surface area (Å²) in [5.74, 6) is 1.59. The second-order valence-electron chi connectivity index (χ2n) is 2.68. The van der Waals surface area contributed by atoms with Crippen LogP contribution in [0.3, 0.4) is 0 Å². The highest BCUT2D eigenvalue weighted by Crippen LogP contribution is 2.01. The van der Waals surface area contributed by atoms with Gasteiger partial charge in [-0.15, -0.1) is 6.42 Å². The van der Waals surface area contributed by atoms with Crippen molar-refractivity contribution in [3.63, 3.8) is 0 Å². The number of terminal acetylenes is 1. The summed E-state index contributed by atoms with van der Waals surface area (Å²) < 4.78 is 0. The van der Waals surface area contributed by atoms with E-state index >= 15 is 0 Å². The molecule has 0 bridgehead atoms. The quantitative estimate of drug-likeness (QED) is 0.369. The van der Waals surface area contributed by atoms with E-state index in [0.717, 1.165) is 0 Å². The van der Waals surface area contributed by atoms with Gasteiger partial charge in [-0.05, 0) is 0 Å². The third-order valence-corrected chi connectivity index (χ3v) is 1.58. The summed E-state index contributed by atoms with van der Waals surface area (Å²) in [6.45, 7) is -1.64. The van der Waals surface area contributed by atoms with E-state index in [2.05, 4.69) is 11.2 Å². The van der Waals surface area contributed by atoms with Crippen LogP contribution in [0.5, 0.6) is 0 Å². The average molecular weight is 187 g/mol. The monoisotopic (exact) mass is 187 g/mol. The van der Waals surface area contributed by atoms with E-state index in [1.165, 1.54) is 0 Å². The molecule has 74 valence electrons. The van der Waals surface area contributed by atoms with Crippen LogP contribution in [0, 0.1) is 12.3 Å². The number of carbonyl (C=O) groups is 1. The maximum atomic E-state index is 10.9. The van der Waals surface area contributed by atoms with E-state index in [0.29, 0.717) is 0 Å². The Morgan fingerprint density at radius 1 is 1.31 bits per heavy atom. The Labute approximate surface area is 76.4 Å². The third-order valence-electron chi connectivity index (χ3n) is 1.58. The normalized spacial score (nSPS) is 10.6. The van der Waals surface area contributed by atoms with E-state index in [4.69, 9.17) is 21.7 Å². The molecular weight excluding hydrogens is 174 g/mol. The van der Waals surface area contributed by atoms with Crippen molar-refractivity contribution in [2.45, 2.75) is 12.0 Å². The molecule has 1 amide bonds. The molecule has 5 heteroatoms. The number of amides is 1. The molecule has 5 nitrogen and oxygen atoms in total. The summed E-state index contributed by atoms with van der Waals surface area (Å²) in [4.78, 5) is 10.9. The summed E-state index contributed by atoms with van der Waals surface area (Å²) in [6.07, 6.45) is 4.72. The van der Waals surface area contributed by atoms with Crippen molar-refractivity contribution in [3.05, 3.63) is 0 Å². The Hall–Kier alpha value is -1.09. The lowest BCUT2D eigenvalue weighted by molar-refractivity contribution is -0.124. The standard InChI is InChI=1S/C8H13NO4/c1-2-3-7(13)9-8(4-10,5-11)6-12/h1,10-12H,3-6H2,(H,9,13). The average Bonchev–Trinajstić information content (AvgIpc) is 2.15. The van der Waals surface area contributed by atoms with Crippen LogP contribution in [0.2, 0.25) is 0 Å². The predicted octanol–water partition coefficient (Wildman–Crippen LogP) is -2.16. The first-order valence-corrected chi connectivity index (χ1v) is 3.71. The summed E-state index contributed by atoms with van der Waals surface area (Å²) in [5, 5.41) is 28.7. The minimum Gasteiger partial charge on any atom is -0.394 e. The van der Waals surface area contributed by atoms with Gasteiger partial charge in [0.15, 0.2) is 0 Å². The van der Waals surface area contributed by atoms with Crippen molar-refractivity contribution < 1.29 is 20.1 Å². The smallest absolute Gasteiger partial charge is 0.232 e. The molecule has 0 aliphatic heterocycles. The molecule has 0 unspecified atom stereocenters. The van der Waals surface area contributed by atoms with Gasteiger partial charge >= 0.3 is 0 Å². The van der Waals surface area contributed by atoms with Gasteiger partial charge < -0.3 is 20.6 Å². The minimum atomic E-state index is -1.38. The summed E-state index contributed by atoms with van der Waals surface area (Å²) in [5.41, 5.74) is -1.38. The molecule has 0 aliphatic rings. The third kappa shape index (κ3) is 3.42. The first-order chi connectivity index (χ1) is 6.14. The number of hydrogen-bond acceptors (Lipinski definition) is 4. The van der Waals surface area contributed by atoms with Gasteiger partial charge in [-0.2, -0.15) is 0 Å². The zero-order valence-electron chi connectivity index (χ0n) is 7.16. The van der Waals surface area contributed by atoms with Gasteiger partial charge in [0.25, 0.3) is 0 Å². The fourth-order valence-corrected chi connectivity index (χ4v) is 0.701. The first-order valence-electron chi connectivity index (χ1n) is 3.71. The number of nitrogens with one attached hydrogen (secondary N) is 1. The lowest BCUT2D eigenvalue weighted by Crippen LogP contribution is -2.56. The van der Waals surface area contributed by atoms with Crippen LogP contribution in [0.25, 0.3) is 0 Å². The lowest BCUT2D eigenvalue weighted by atomic mass is 10.0. The lowest BCUT2D eigenvalue weighted by Gasteiger charge is -2.28. The molecule has 0 heterocycles. The number of carbonyl (C=O) groups excluding carboxylic acids is 1. The van der Waals surface area contributed by atoms with Gasteiger partial charge in [-0.25, -0.2) is 0 Å². The topological polar surface area (TPSA) is 89.8 Å². The SMILES string of the molecule is C#CCC(=O)NC(CO)(CO)CO. The van der Waals surface area contributed by atoms with E-state index in [1.54, 1.807) is 0 Å². The molecule has 0 radical (unpaired) electrons. The fraction of sp³-hybridized carbons (Fsp3) is 0.625. The molecule has 13 heavy (non-hydrogen) atoms. The molecule has 0 rings (SSSR count).